The van der Waals surface area contributed by atoms with Gasteiger partial charge in [-0.1, -0.05) is 35.9 Å². The van der Waals surface area contributed by atoms with E-state index in [1.807, 2.05) is 24.3 Å². The van der Waals surface area contributed by atoms with Crippen molar-refractivity contribution < 1.29 is 9.18 Å². The van der Waals surface area contributed by atoms with Crippen LogP contribution in [0.15, 0.2) is 42.5 Å². The Kier molecular flexibility index (Phi) is 4.58. The third-order valence-corrected chi connectivity index (χ3v) is 3.22. The van der Waals surface area contributed by atoms with Crippen molar-refractivity contribution in [1.29, 1.82) is 0 Å². The molecule has 0 aliphatic rings. The average molecular weight is 293 g/mol. The van der Waals surface area contributed by atoms with E-state index in [1.165, 1.54) is 12.1 Å². The number of primary amides is 1. The molecule has 104 valence electrons. The number of hydrogen-bond donors (Lipinski definition) is 2. The van der Waals surface area contributed by atoms with Crippen LogP contribution in [0, 0.1) is 5.82 Å². The molecule has 3 N–H and O–H groups in total. The van der Waals surface area contributed by atoms with Gasteiger partial charge in [0.05, 0.1) is 6.42 Å². The number of halogens is 2. The maximum atomic E-state index is 13.0. The van der Waals surface area contributed by atoms with E-state index < -0.39 is 0 Å². The molecule has 0 heterocycles. The third kappa shape index (κ3) is 3.71. The Morgan fingerprint density at radius 2 is 1.95 bits per heavy atom. The molecule has 0 aromatic heterocycles. The van der Waals surface area contributed by atoms with E-state index in [1.54, 1.807) is 6.07 Å². The van der Waals surface area contributed by atoms with Crippen LogP contribution in [0.3, 0.4) is 0 Å². The fourth-order valence-corrected chi connectivity index (χ4v) is 2.12. The zero-order chi connectivity index (χ0) is 14.5. The number of nitrogens with one attached hydrogen (secondary N) is 1. The van der Waals surface area contributed by atoms with Gasteiger partial charge in [0, 0.05) is 17.3 Å². The Balaban J connectivity index is 2.12. The lowest BCUT2D eigenvalue weighted by Gasteiger charge is -2.12. The number of nitrogens with two attached hydrogens (primary N) is 1. The van der Waals surface area contributed by atoms with Crippen molar-refractivity contribution >= 4 is 23.2 Å². The lowest BCUT2D eigenvalue weighted by molar-refractivity contribution is -0.117. The molecule has 0 unspecified atom stereocenters. The molecule has 0 saturated carbocycles. The Labute approximate surface area is 121 Å². The van der Waals surface area contributed by atoms with Crippen LogP contribution in [0.1, 0.15) is 11.1 Å². The van der Waals surface area contributed by atoms with Crippen molar-refractivity contribution in [3.63, 3.8) is 0 Å². The standard InChI is InChI=1S/C15H14ClFN2O/c16-13-8-12(17)6-5-11(13)9-19-14-4-2-1-3-10(14)7-15(18)20/h1-6,8,19H,7,9H2,(H2,18,20). The van der Waals surface area contributed by atoms with Crippen LogP contribution in [0.2, 0.25) is 5.02 Å². The number of rotatable bonds is 5. The zero-order valence-corrected chi connectivity index (χ0v) is 11.5. The lowest BCUT2D eigenvalue weighted by Crippen LogP contribution is -2.15. The van der Waals surface area contributed by atoms with E-state index >= 15 is 0 Å². The van der Waals surface area contributed by atoms with Crippen LogP contribution < -0.4 is 11.1 Å². The number of hydrogen-bond acceptors (Lipinski definition) is 2. The summed E-state index contributed by atoms with van der Waals surface area (Å²) in [4.78, 5) is 11.0. The first-order valence-corrected chi connectivity index (χ1v) is 6.48. The van der Waals surface area contributed by atoms with Gasteiger partial charge in [-0.25, -0.2) is 4.39 Å². The summed E-state index contributed by atoms with van der Waals surface area (Å²) in [7, 11) is 0. The van der Waals surface area contributed by atoms with Crippen molar-refractivity contribution in [1.82, 2.24) is 0 Å². The summed E-state index contributed by atoms with van der Waals surface area (Å²) in [5.41, 5.74) is 7.62. The summed E-state index contributed by atoms with van der Waals surface area (Å²) >= 11 is 5.97. The van der Waals surface area contributed by atoms with Gasteiger partial charge in [0.2, 0.25) is 5.91 Å². The maximum absolute atomic E-state index is 13.0. The van der Waals surface area contributed by atoms with Gasteiger partial charge in [-0.15, -0.1) is 0 Å². The van der Waals surface area contributed by atoms with E-state index in [9.17, 15) is 9.18 Å². The molecule has 0 aliphatic carbocycles. The van der Waals surface area contributed by atoms with Crippen LogP contribution in [0.4, 0.5) is 10.1 Å². The number of benzene rings is 2. The topological polar surface area (TPSA) is 55.1 Å². The van der Waals surface area contributed by atoms with E-state index in [0.29, 0.717) is 11.6 Å². The molecule has 0 radical (unpaired) electrons. The fraction of sp³-hybridized carbons (Fsp3) is 0.133. The smallest absolute Gasteiger partial charge is 0.221 e. The quantitative estimate of drug-likeness (QED) is 0.889. The highest BCUT2D eigenvalue weighted by Gasteiger charge is 2.06. The van der Waals surface area contributed by atoms with Crippen LogP contribution in [-0.2, 0) is 17.8 Å². The van der Waals surface area contributed by atoms with Gasteiger partial charge in [-0.3, -0.25) is 4.79 Å². The van der Waals surface area contributed by atoms with Crippen molar-refractivity contribution in [3.8, 4) is 0 Å². The Morgan fingerprint density at radius 3 is 2.65 bits per heavy atom. The molecule has 0 atom stereocenters. The summed E-state index contributed by atoms with van der Waals surface area (Å²) in [5, 5.41) is 3.55. The van der Waals surface area contributed by atoms with Crippen LogP contribution in [0.5, 0.6) is 0 Å². The predicted molar refractivity (Wildman–Crippen MR) is 78.1 cm³/mol. The van der Waals surface area contributed by atoms with Crippen molar-refractivity contribution in [2.75, 3.05) is 5.32 Å². The van der Waals surface area contributed by atoms with Crippen molar-refractivity contribution in [2.24, 2.45) is 5.73 Å². The number of amides is 1. The molecule has 2 aromatic rings. The van der Waals surface area contributed by atoms with E-state index in [-0.39, 0.29) is 18.1 Å². The second kappa shape index (κ2) is 6.39. The monoisotopic (exact) mass is 292 g/mol. The minimum atomic E-state index is -0.390. The fourth-order valence-electron chi connectivity index (χ4n) is 1.89. The van der Waals surface area contributed by atoms with E-state index in [2.05, 4.69) is 5.32 Å². The zero-order valence-electron chi connectivity index (χ0n) is 10.7. The molecule has 0 fully saturated rings. The molecular formula is C15H14ClFN2O. The Hall–Kier alpha value is -2.07. The number of anilines is 1. The molecule has 2 rings (SSSR count). The van der Waals surface area contributed by atoms with Crippen LogP contribution >= 0.6 is 11.6 Å². The minimum absolute atomic E-state index is 0.167. The van der Waals surface area contributed by atoms with E-state index in [0.717, 1.165) is 16.8 Å². The van der Waals surface area contributed by atoms with Gasteiger partial charge < -0.3 is 11.1 Å². The molecule has 20 heavy (non-hydrogen) atoms. The summed E-state index contributed by atoms with van der Waals surface area (Å²) < 4.78 is 13.0. The summed E-state index contributed by atoms with van der Waals surface area (Å²) in [5.74, 6) is -0.757. The lowest BCUT2D eigenvalue weighted by atomic mass is 10.1. The number of carbonyl (C=O) groups excluding carboxylic acids is 1. The molecule has 1 amide bonds. The van der Waals surface area contributed by atoms with Gasteiger partial charge in [-0.05, 0) is 29.3 Å². The largest absolute Gasteiger partial charge is 0.381 e. The summed E-state index contributed by atoms with van der Waals surface area (Å²) in [6.45, 7) is 0.439. The molecule has 3 nitrogen and oxygen atoms in total. The maximum Gasteiger partial charge on any atom is 0.221 e. The van der Waals surface area contributed by atoms with E-state index in [4.69, 9.17) is 17.3 Å². The minimum Gasteiger partial charge on any atom is -0.381 e. The van der Waals surface area contributed by atoms with Gasteiger partial charge in [0.1, 0.15) is 5.82 Å². The molecule has 0 bridgehead atoms. The Bertz CT molecular complexity index is 631. The van der Waals surface area contributed by atoms with Gasteiger partial charge in [-0.2, -0.15) is 0 Å². The molecular weight excluding hydrogens is 279 g/mol. The number of para-hydroxylation sites is 1. The molecule has 2 aromatic carbocycles. The first-order chi connectivity index (χ1) is 9.56. The van der Waals surface area contributed by atoms with Crippen molar-refractivity contribution in [3.05, 3.63) is 64.4 Å². The first kappa shape index (κ1) is 14.3. The predicted octanol–water partition coefficient (Wildman–Crippen LogP) is 3.12. The van der Waals surface area contributed by atoms with Gasteiger partial charge >= 0.3 is 0 Å². The summed E-state index contributed by atoms with van der Waals surface area (Å²) in [6, 6.07) is 11.6. The molecule has 0 aliphatic heterocycles. The normalized spacial score (nSPS) is 10.3. The second-order valence-electron chi connectivity index (χ2n) is 4.39. The highest BCUT2D eigenvalue weighted by molar-refractivity contribution is 6.31. The number of carbonyl (C=O) groups is 1. The SMILES string of the molecule is NC(=O)Cc1ccccc1NCc1ccc(F)cc1Cl. The second-order valence-corrected chi connectivity index (χ2v) is 4.80. The first-order valence-electron chi connectivity index (χ1n) is 6.10. The molecule has 5 heteroatoms. The van der Waals surface area contributed by atoms with Crippen molar-refractivity contribution in [2.45, 2.75) is 13.0 Å². The molecule has 0 spiro atoms. The third-order valence-electron chi connectivity index (χ3n) is 2.87. The highest BCUT2D eigenvalue weighted by atomic mass is 35.5. The van der Waals surface area contributed by atoms with Gasteiger partial charge in [0.25, 0.3) is 0 Å². The summed E-state index contributed by atoms with van der Waals surface area (Å²) in [6.07, 6.45) is 0.167. The van der Waals surface area contributed by atoms with Gasteiger partial charge in [0.15, 0.2) is 0 Å². The van der Waals surface area contributed by atoms with Crippen LogP contribution in [0.25, 0.3) is 0 Å². The Morgan fingerprint density at radius 1 is 1.20 bits per heavy atom. The highest BCUT2D eigenvalue weighted by Crippen LogP contribution is 2.21. The molecule has 0 saturated heterocycles. The average Bonchev–Trinajstić information content (AvgIpc) is 2.39. The van der Waals surface area contributed by atoms with Crippen LogP contribution in [-0.4, -0.2) is 5.91 Å².